The number of anilines is 1. The Morgan fingerprint density at radius 1 is 1.13 bits per heavy atom. The number of likely N-dealkylation sites (tertiary alicyclic amines) is 1. The number of halogens is 2. The molecule has 1 fully saturated rings. The van der Waals surface area contributed by atoms with Crippen LogP contribution in [0.25, 0.3) is 5.65 Å². The predicted molar refractivity (Wildman–Crippen MR) is 183 cm³/mol. The molecule has 2 aromatic carbocycles. The molecule has 5 rings (SSSR count). The number of nitrogens with zero attached hydrogens (tertiary/aromatic N) is 4. The Morgan fingerprint density at radius 2 is 1.93 bits per heavy atom. The number of hydrogen-bond donors (Lipinski definition) is 0. The van der Waals surface area contributed by atoms with Crippen molar-refractivity contribution < 1.29 is 19.0 Å². The SMILES string of the molecule is COc1ccc(Br)cc1Cc1c(CN2CCCC2CCOc2c(OC)ccc(N(C=O)CCC(C)C)c2Cl)nc2ccccn12. The van der Waals surface area contributed by atoms with E-state index >= 15 is 0 Å². The van der Waals surface area contributed by atoms with Gasteiger partial charge in [-0.25, -0.2) is 4.98 Å². The number of benzene rings is 2. The zero-order valence-electron chi connectivity index (χ0n) is 26.5. The largest absolute Gasteiger partial charge is 0.496 e. The van der Waals surface area contributed by atoms with Crippen LogP contribution in [-0.4, -0.2) is 60.7 Å². The van der Waals surface area contributed by atoms with Gasteiger partial charge in [-0.2, -0.15) is 0 Å². The number of aromatic nitrogens is 2. The van der Waals surface area contributed by atoms with Gasteiger partial charge >= 0.3 is 0 Å². The zero-order valence-corrected chi connectivity index (χ0v) is 28.8. The number of amides is 1. The van der Waals surface area contributed by atoms with Crippen LogP contribution in [0.2, 0.25) is 5.02 Å². The van der Waals surface area contributed by atoms with Gasteiger partial charge in [0.2, 0.25) is 6.41 Å². The third-order valence-corrected chi connectivity index (χ3v) is 9.36. The molecule has 4 aromatic rings. The van der Waals surface area contributed by atoms with Crippen LogP contribution in [0, 0.1) is 5.92 Å². The van der Waals surface area contributed by atoms with Crippen molar-refractivity contribution in [1.82, 2.24) is 14.3 Å². The summed E-state index contributed by atoms with van der Waals surface area (Å²) in [7, 11) is 3.31. The van der Waals surface area contributed by atoms with Gasteiger partial charge in [0.25, 0.3) is 0 Å². The second-order valence-corrected chi connectivity index (χ2v) is 13.2. The molecule has 1 unspecified atom stereocenters. The maximum atomic E-state index is 11.9. The van der Waals surface area contributed by atoms with Crippen LogP contribution in [0.1, 0.15) is 56.5 Å². The third kappa shape index (κ3) is 7.76. The van der Waals surface area contributed by atoms with Gasteiger partial charge in [-0.3, -0.25) is 9.69 Å². The summed E-state index contributed by atoms with van der Waals surface area (Å²) >= 11 is 10.5. The molecule has 0 bridgehead atoms. The molecule has 8 nitrogen and oxygen atoms in total. The van der Waals surface area contributed by atoms with E-state index in [1.54, 1.807) is 19.1 Å². The first-order chi connectivity index (χ1) is 21.8. The monoisotopic (exact) mass is 696 g/mol. The minimum atomic E-state index is 0.341. The van der Waals surface area contributed by atoms with Gasteiger partial charge in [-0.05, 0) is 80.6 Å². The molecular formula is C35H42BrClN4O4. The standard InChI is InChI=1S/C35H42BrClN4O4/c1-24(2)14-18-40(23-42)29-11-13-32(44-4)35(34(29)37)45-19-15-27-8-7-16-39(27)22-28-30(41-17-6-5-9-33(41)38-28)21-25-20-26(36)10-12-31(25)43-3/h5-6,9-13,17,20,23-24,27H,7-8,14-16,18-19,21-22H2,1-4H3. The first-order valence-electron chi connectivity index (χ1n) is 15.6. The molecule has 0 saturated carbocycles. The van der Waals surface area contributed by atoms with E-state index < -0.39 is 0 Å². The van der Waals surface area contributed by atoms with Gasteiger partial charge in [0.05, 0.1) is 37.9 Å². The van der Waals surface area contributed by atoms with E-state index in [2.05, 4.69) is 57.4 Å². The van der Waals surface area contributed by atoms with Crippen LogP contribution in [0.4, 0.5) is 5.69 Å². The lowest BCUT2D eigenvalue weighted by Crippen LogP contribution is -2.31. The summed E-state index contributed by atoms with van der Waals surface area (Å²) in [6, 6.07) is 16.2. The van der Waals surface area contributed by atoms with Crippen molar-refractivity contribution in [3.63, 3.8) is 0 Å². The highest BCUT2D eigenvalue weighted by molar-refractivity contribution is 9.10. The second kappa shape index (κ2) is 15.3. The van der Waals surface area contributed by atoms with Gasteiger partial charge in [0.15, 0.2) is 11.5 Å². The maximum Gasteiger partial charge on any atom is 0.214 e. The fraction of sp³-hybridized carbons (Fsp3) is 0.429. The summed E-state index contributed by atoms with van der Waals surface area (Å²) in [6.45, 7) is 7.08. The lowest BCUT2D eigenvalue weighted by molar-refractivity contribution is -0.107. The number of pyridine rings is 1. The number of ether oxygens (including phenoxy) is 3. The van der Waals surface area contributed by atoms with Gasteiger partial charge < -0.3 is 23.5 Å². The summed E-state index contributed by atoms with van der Waals surface area (Å²) in [5.74, 6) is 2.36. The number of imidazole rings is 1. The average Bonchev–Trinajstić information content (AvgIpc) is 3.62. The van der Waals surface area contributed by atoms with Crippen molar-refractivity contribution in [2.45, 2.75) is 58.5 Å². The minimum Gasteiger partial charge on any atom is -0.496 e. The quantitative estimate of drug-likeness (QED) is 0.118. The molecule has 240 valence electrons. The molecule has 45 heavy (non-hydrogen) atoms. The predicted octanol–water partition coefficient (Wildman–Crippen LogP) is 7.80. The molecule has 10 heteroatoms. The van der Waals surface area contributed by atoms with Crippen LogP contribution in [0.15, 0.2) is 59.2 Å². The number of methoxy groups -OCH3 is 2. The lowest BCUT2D eigenvalue weighted by atomic mass is 10.1. The molecule has 1 aliphatic heterocycles. The van der Waals surface area contributed by atoms with Gasteiger partial charge in [-0.1, -0.05) is 47.4 Å². The van der Waals surface area contributed by atoms with Crippen LogP contribution in [0.3, 0.4) is 0 Å². The fourth-order valence-electron chi connectivity index (χ4n) is 6.07. The zero-order chi connectivity index (χ0) is 31.9. The highest BCUT2D eigenvalue weighted by atomic mass is 79.9. The smallest absolute Gasteiger partial charge is 0.214 e. The van der Waals surface area contributed by atoms with Crippen molar-refractivity contribution in [1.29, 1.82) is 0 Å². The first-order valence-corrected chi connectivity index (χ1v) is 16.7. The second-order valence-electron chi connectivity index (χ2n) is 11.9. The minimum absolute atomic E-state index is 0.341. The Morgan fingerprint density at radius 3 is 2.69 bits per heavy atom. The van der Waals surface area contributed by atoms with Crippen molar-refractivity contribution in [3.05, 3.63) is 81.2 Å². The van der Waals surface area contributed by atoms with Crippen LogP contribution >= 0.6 is 27.5 Å². The highest BCUT2D eigenvalue weighted by Gasteiger charge is 2.28. The van der Waals surface area contributed by atoms with E-state index in [9.17, 15) is 4.79 Å². The van der Waals surface area contributed by atoms with Gasteiger partial charge in [-0.15, -0.1) is 0 Å². The molecule has 0 radical (unpaired) electrons. The Kier molecular flexibility index (Phi) is 11.3. The molecule has 1 aliphatic rings. The topological polar surface area (TPSA) is 68.5 Å². The first kappa shape index (κ1) is 33.1. The summed E-state index contributed by atoms with van der Waals surface area (Å²) < 4.78 is 20.8. The molecule has 2 aromatic heterocycles. The molecule has 0 aliphatic carbocycles. The lowest BCUT2D eigenvalue weighted by Gasteiger charge is -2.25. The van der Waals surface area contributed by atoms with E-state index in [0.717, 1.165) is 78.0 Å². The highest BCUT2D eigenvalue weighted by Crippen LogP contribution is 2.42. The Labute approximate surface area is 279 Å². The van der Waals surface area contributed by atoms with E-state index in [4.69, 9.17) is 30.8 Å². The van der Waals surface area contributed by atoms with E-state index in [0.29, 0.717) is 53.7 Å². The summed E-state index contributed by atoms with van der Waals surface area (Å²) in [6.07, 6.45) is 7.53. The molecule has 1 atom stereocenters. The molecule has 3 heterocycles. The number of hydrogen-bond acceptors (Lipinski definition) is 6. The summed E-state index contributed by atoms with van der Waals surface area (Å²) in [4.78, 5) is 21.2. The third-order valence-electron chi connectivity index (χ3n) is 8.51. The Balaban J connectivity index is 1.31. The van der Waals surface area contributed by atoms with Crippen LogP contribution < -0.4 is 19.1 Å². The Bertz CT molecular complexity index is 1610. The molecule has 1 amide bonds. The molecule has 0 spiro atoms. The Hall–Kier alpha value is -3.27. The number of carbonyl (C=O) groups excluding carboxylic acids is 1. The summed E-state index contributed by atoms with van der Waals surface area (Å²) in [5.41, 5.74) is 4.91. The fourth-order valence-corrected chi connectivity index (χ4v) is 6.79. The average molecular weight is 698 g/mol. The normalized spacial score (nSPS) is 15.1. The summed E-state index contributed by atoms with van der Waals surface area (Å²) in [5, 5.41) is 0.394. The van der Waals surface area contributed by atoms with E-state index in [1.807, 2.05) is 36.4 Å². The molecule has 1 saturated heterocycles. The number of fused-ring (bicyclic) bond motifs is 1. The van der Waals surface area contributed by atoms with Gasteiger partial charge in [0, 0.05) is 41.8 Å². The van der Waals surface area contributed by atoms with E-state index in [-0.39, 0.29) is 0 Å². The van der Waals surface area contributed by atoms with Crippen molar-refractivity contribution in [2.75, 3.05) is 38.8 Å². The number of rotatable bonds is 15. The van der Waals surface area contributed by atoms with Crippen molar-refractivity contribution >= 4 is 45.3 Å². The molecular weight excluding hydrogens is 656 g/mol. The maximum absolute atomic E-state index is 11.9. The van der Waals surface area contributed by atoms with Crippen LogP contribution in [0.5, 0.6) is 17.2 Å². The van der Waals surface area contributed by atoms with Crippen molar-refractivity contribution in [3.8, 4) is 17.2 Å². The van der Waals surface area contributed by atoms with E-state index in [1.165, 1.54) is 0 Å². The number of carbonyl (C=O) groups is 1. The van der Waals surface area contributed by atoms with Gasteiger partial charge in [0.1, 0.15) is 16.4 Å². The molecule has 0 N–H and O–H groups in total. The van der Waals surface area contributed by atoms with Crippen molar-refractivity contribution in [2.24, 2.45) is 5.92 Å². The van der Waals surface area contributed by atoms with Crippen LogP contribution in [-0.2, 0) is 17.8 Å².